The van der Waals surface area contributed by atoms with Crippen LogP contribution in [-0.4, -0.2) is 247 Å². The Kier molecular flexibility index (Phi) is 93.0. The Morgan fingerprint density at radius 1 is 0.454 bits per heavy atom. The van der Waals surface area contributed by atoms with E-state index in [4.69, 9.17) is 68.1 Å². The number of benzene rings is 1. The Bertz CT molecular complexity index is 3310. The van der Waals surface area contributed by atoms with Gasteiger partial charge in [-0.25, -0.2) is 19.2 Å². The number of para-hydroxylation sites is 1. The summed E-state index contributed by atoms with van der Waals surface area (Å²) in [6, 6.07) is 9.14. The number of halogens is 8. The molecule has 752 valence electrons. The van der Waals surface area contributed by atoms with Crippen molar-refractivity contribution in [3.63, 3.8) is 0 Å². The largest absolute Gasteiger partial charge is 1.00 e. The maximum Gasteiger partial charge on any atom is 1.00 e. The van der Waals surface area contributed by atoms with Gasteiger partial charge >= 0.3 is 65.8 Å². The number of carbonyl (C=O) groups excluding carboxylic acids is 14. The van der Waals surface area contributed by atoms with Gasteiger partial charge in [-0.05, 0) is 156 Å². The molecule has 0 saturated carbocycles. The van der Waals surface area contributed by atoms with Crippen LogP contribution in [-0.2, 0) is 90.7 Å². The van der Waals surface area contributed by atoms with Crippen molar-refractivity contribution in [3.8, 4) is 5.75 Å². The first-order valence-corrected chi connectivity index (χ1v) is 42.0. The number of carboxylic acids is 2. The fourth-order valence-corrected chi connectivity index (χ4v) is 10.5. The molecule has 9 amide bonds. The van der Waals surface area contributed by atoms with Crippen LogP contribution < -0.4 is 110 Å². The van der Waals surface area contributed by atoms with E-state index >= 15 is 0 Å². The fraction of sp³-hybridized carbons (Fsp3) is 0.714. The number of esters is 3. The molecule has 37 nitrogen and oxygen atoms in total. The monoisotopic (exact) mass is 1900 g/mol. The molecule has 0 fully saturated rings. The summed E-state index contributed by atoms with van der Waals surface area (Å²) in [6.07, 6.45) is 3.89. The summed E-state index contributed by atoms with van der Waals surface area (Å²) >= 11 is 0. The molecule has 1 aromatic rings. The van der Waals surface area contributed by atoms with Gasteiger partial charge in [0.2, 0.25) is 41.4 Å². The number of nitrogens with two attached hydrogens (primary N) is 2. The van der Waals surface area contributed by atoms with E-state index in [0.29, 0.717) is 154 Å². The quantitative estimate of drug-likeness (QED) is 0.00851. The van der Waals surface area contributed by atoms with E-state index in [1.165, 1.54) is 0 Å². The van der Waals surface area contributed by atoms with Crippen LogP contribution in [0.5, 0.6) is 5.75 Å². The van der Waals surface area contributed by atoms with Crippen molar-refractivity contribution in [1.82, 2.24) is 47.9 Å². The van der Waals surface area contributed by atoms with Gasteiger partial charge in [0.25, 0.3) is 0 Å². The zero-order chi connectivity index (χ0) is 100.0. The molecule has 7 unspecified atom stereocenters. The van der Waals surface area contributed by atoms with Gasteiger partial charge < -0.3 is 128 Å². The third-order valence-electron chi connectivity index (χ3n) is 17.4. The van der Waals surface area contributed by atoms with Gasteiger partial charge in [-0.15, -0.1) is 0 Å². The van der Waals surface area contributed by atoms with Gasteiger partial charge in [0.05, 0.1) is 58.6 Å². The average Bonchev–Trinajstić information content (AvgIpc) is 1.68. The molecule has 7 atom stereocenters. The maximum absolute atomic E-state index is 12.3. The van der Waals surface area contributed by atoms with Crippen LogP contribution in [0.2, 0.25) is 0 Å². The number of aliphatic carboxylic acids is 2. The van der Waals surface area contributed by atoms with Crippen molar-refractivity contribution >= 4 is 83.4 Å². The number of quaternary nitrogens is 1. The normalized spacial score (nSPS) is 13.6. The molecule has 0 aromatic heterocycles. The summed E-state index contributed by atoms with van der Waals surface area (Å²) in [5.74, 6) is -7.03. The van der Waals surface area contributed by atoms with Gasteiger partial charge in [0.1, 0.15) is 22.9 Å². The Morgan fingerprint density at radius 2 is 0.769 bits per heavy atom. The third-order valence-corrected chi connectivity index (χ3v) is 17.4. The van der Waals surface area contributed by atoms with Crippen molar-refractivity contribution in [3.05, 3.63) is 52.6 Å². The minimum Gasteiger partial charge on any atom is -0.870 e. The first-order chi connectivity index (χ1) is 60.3. The molecule has 1 aromatic carbocycles. The molecule has 0 bridgehead atoms. The molecule has 0 saturated heterocycles. The molecule has 17 N–H and O–H groups in total. The Labute approximate surface area is 781 Å². The first-order valence-electron chi connectivity index (χ1n) is 42.0. The summed E-state index contributed by atoms with van der Waals surface area (Å²) in [5, 5.41) is 44.4. The van der Waals surface area contributed by atoms with Crippen LogP contribution in [0.25, 0.3) is 0 Å². The smallest absolute Gasteiger partial charge is 0.870 e. The Morgan fingerprint density at radius 3 is 1.06 bits per heavy atom. The summed E-state index contributed by atoms with van der Waals surface area (Å²) in [7, 11) is 6.87. The SMILES string of the molecule is CC(C)(C)OC(=O)NCCN.CCC(C)C(=O)Oc1ccccc1.CCC(CC(C)C(=O)NCCNC(=O)C1=C(C(=O)[O-])CCCC1)C(=O)NCCOC.CCC(CC(C)C(=O)NCCNC(=O)OC(C)(C)C)C(=O)NCCOC.CCC(CC(C)C(=O)NCC[NH3+])C(=O)NCCOC.CF.COCCN.FF.FF.O=C([O-])C(F)(F)F.O=C1OC(=O)C2=C1CCCC2.[Na+].[OH-]. The molecule has 46 heteroatoms. The van der Waals surface area contributed by atoms with Gasteiger partial charge in [-0.1, -0.05) is 73.6 Å². The van der Waals surface area contributed by atoms with E-state index in [-0.39, 0.29) is 149 Å². The number of nitrogens with one attached hydrogen (secondary N) is 9. The molecule has 1 aliphatic heterocycles. The summed E-state index contributed by atoms with van der Waals surface area (Å²) in [6.45, 7) is 33.1. The maximum atomic E-state index is 12.3. The van der Waals surface area contributed by atoms with Crippen molar-refractivity contribution < 1.29 is 192 Å². The zero-order valence-corrected chi connectivity index (χ0v) is 81.5. The molecule has 1 heterocycles. The van der Waals surface area contributed by atoms with Crippen LogP contribution in [0.1, 0.15) is 193 Å². The molecular formula is C84H148F8N12NaO25-. The number of alkyl halides is 4. The van der Waals surface area contributed by atoms with E-state index in [2.05, 4.69) is 63.1 Å². The number of hydrogen-bond donors (Lipinski definition) is 12. The second-order valence-electron chi connectivity index (χ2n) is 30.1. The summed E-state index contributed by atoms with van der Waals surface area (Å²) < 4.78 is 112. The van der Waals surface area contributed by atoms with E-state index in [9.17, 15) is 85.0 Å². The molecule has 2 aliphatic carbocycles. The standard InChI is InChI=1S/C21H35N3O6.C18H35N3O5.C13H27N3O3.C11H14O2.C8H8O3.C7H16N2O2.C3H9NO.C2HF3O2.CH3F.2F2.Na.H2O/c1-4-15(19(26)24-11-12-30-3)13-14(2)18(25)22-9-10-23-20(27)16-7-5-6-8-17(16)21(28)29;1-7-14(16(23)20-10-11-25-6)12-13(2)15(22)19-8-9-21-17(24)26-18(3,4)5;1-4-11(13(18)16-7-8-19-3)9-10(2)12(17)15-6-5-14;1-3-9(2)11(12)13-10-7-5-4-6-8-10;9-7-5-3-1-2-4-6(5)8(10)11-7;1-7(2,3)11-6(10)9-5-4-8;1-5-3-2-4;3-2(4,5)1(6)7;3*1-2;;/h14-15H,4-13H2,1-3H3,(H,22,25)(H,23,27)(H,24,26)(H,28,29);13-14H,7-12H2,1-6H3,(H,19,22)(H,20,23)(H,21,24);10-11H,4-9,14H2,1-3H3,(H,15,17)(H,16,18);4-9H,3H2,1-2H3;1-4H2;4-5,8H2,1-3H3,(H,9,10);2-4H2,1H3;(H,6,7);1H3;;;;1H2/q;;;;;;;;;;;+1;/p-2. The minimum absolute atomic E-state index is 0. The minimum atomic E-state index is -5.19. The van der Waals surface area contributed by atoms with E-state index in [1.54, 1.807) is 75.2 Å². The number of methoxy groups -OCH3 is 4. The number of carboxylic acid groups (broad SMARTS) is 2. The van der Waals surface area contributed by atoms with Crippen molar-refractivity contribution in [2.45, 2.75) is 211 Å². The second-order valence-corrected chi connectivity index (χ2v) is 30.1. The molecule has 3 aliphatic rings. The van der Waals surface area contributed by atoms with E-state index < -0.39 is 59.3 Å². The number of cyclic esters (lactones) is 2. The number of carbonyl (C=O) groups is 14. The molecular weight excluding hydrogens is 1750 g/mol. The van der Waals surface area contributed by atoms with Crippen LogP contribution in [0, 0.1) is 41.4 Å². The second kappa shape index (κ2) is 86.9. The van der Waals surface area contributed by atoms with Crippen LogP contribution in [0.15, 0.2) is 52.6 Å². The number of amides is 9. The number of ether oxygens (including phenoxy) is 8. The van der Waals surface area contributed by atoms with Gasteiger partial charge in [0.15, 0.2) is 0 Å². The third kappa shape index (κ3) is 75.8. The van der Waals surface area contributed by atoms with E-state index in [1.807, 2.05) is 80.5 Å². The van der Waals surface area contributed by atoms with Gasteiger partial charge in [0, 0.05) is 164 Å². The topological polar surface area (TPSA) is 577 Å². The summed E-state index contributed by atoms with van der Waals surface area (Å²) in [5.41, 5.74) is 14.5. The van der Waals surface area contributed by atoms with Crippen LogP contribution in [0.4, 0.5) is 45.4 Å². The predicted octanol–water partition coefficient (Wildman–Crippen LogP) is 2.29. The molecule has 4 rings (SSSR count). The zero-order valence-electron chi connectivity index (χ0n) is 79.5. The predicted molar refractivity (Wildman–Crippen MR) is 459 cm³/mol. The number of alkyl carbamates (subject to hydrolysis) is 2. The summed E-state index contributed by atoms with van der Waals surface area (Å²) in [4.78, 5) is 160. The first kappa shape index (κ1) is 139. The van der Waals surface area contributed by atoms with Gasteiger partial charge in [-0.3, -0.25) is 42.7 Å². The fourth-order valence-electron chi connectivity index (χ4n) is 10.5. The molecule has 0 spiro atoms. The van der Waals surface area contributed by atoms with Crippen molar-refractivity contribution in [2.24, 2.45) is 52.9 Å². The van der Waals surface area contributed by atoms with Crippen LogP contribution >= 0.6 is 0 Å². The van der Waals surface area contributed by atoms with Crippen LogP contribution in [0.3, 0.4) is 0 Å². The van der Waals surface area contributed by atoms with Crippen molar-refractivity contribution in [2.75, 3.05) is 141 Å². The number of hydrogen-bond acceptors (Lipinski definition) is 27. The Balaban J connectivity index is -0.000000191. The van der Waals surface area contributed by atoms with E-state index in [0.717, 1.165) is 51.4 Å². The number of rotatable bonds is 41. The average molecular weight is 1900 g/mol. The van der Waals surface area contributed by atoms with Crippen molar-refractivity contribution in [1.29, 1.82) is 0 Å². The molecule has 0 radical (unpaired) electrons. The van der Waals surface area contributed by atoms with Gasteiger partial charge in [-0.2, -0.15) is 13.2 Å². The molecule has 130 heavy (non-hydrogen) atoms. The Hall–Kier alpha value is -8.80.